The maximum atomic E-state index is 6.29. The number of hydrogen-bond acceptors (Lipinski definition) is 2. The van der Waals surface area contributed by atoms with Crippen molar-refractivity contribution in [1.82, 2.24) is 9.55 Å². The molecule has 1 saturated carbocycles. The molecule has 1 aliphatic rings. The van der Waals surface area contributed by atoms with Crippen LogP contribution in [0.5, 0.6) is 0 Å². The van der Waals surface area contributed by atoms with Crippen LogP contribution >= 0.6 is 0 Å². The molecule has 1 aliphatic carbocycles. The third-order valence-electron chi connectivity index (χ3n) is 3.78. The quantitative estimate of drug-likeness (QED) is 0.741. The third-order valence-corrected chi connectivity index (χ3v) is 3.78. The van der Waals surface area contributed by atoms with Gasteiger partial charge in [-0.15, -0.1) is 0 Å². The molecule has 0 aliphatic heterocycles. The van der Waals surface area contributed by atoms with Gasteiger partial charge in [0, 0.05) is 12.0 Å². The summed E-state index contributed by atoms with van der Waals surface area (Å²) in [6, 6.07) is 0.428. The van der Waals surface area contributed by atoms with Gasteiger partial charge in [-0.1, -0.05) is 26.2 Å². The summed E-state index contributed by atoms with van der Waals surface area (Å²) >= 11 is 0. The summed E-state index contributed by atoms with van der Waals surface area (Å²) in [7, 11) is 0. The van der Waals surface area contributed by atoms with Crippen molar-refractivity contribution < 1.29 is 0 Å². The molecule has 1 aromatic rings. The predicted octanol–water partition coefficient (Wildman–Crippen LogP) is 4.05. The van der Waals surface area contributed by atoms with E-state index < -0.39 is 0 Å². The SMILES string of the molecule is CCCCCCc1nc(C2CC2)n(C(C)C)c1N. The number of hydrogen-bond donors (Lipinski definition) is 1. The Labute approximate surface area is 111 Å². The number of unbranched alkanes of at least 4 members (excludes halogenated alkanes) is 3. The summed E-state index contributed by atoms with van der Waals surface area (Å²) in [5, 5.41) is 0. The zero-order chi connectivity index (χ0) is 13.1. The zero-order valence-electron chi connectivity index (χ0n) is 12.1. The molecule has 18 heavy (non-hydrogen) atoms. The van der Waals surface area contributed by atoms with E-state index in [0.29, 0.717) is 12.0 Å². The largest absolute Gasteiger partial charge is 0.384 e. The van der Waals surface area contributed by atoms with Crippen LogP contribution in [0.4, 0.5) is 5.82 Å². The van der Waals surface area contributed by atoms with Gasteiger partial charge in [0.2, 0.25) is 0 Å². The fourth-order valence-electron chi connectivity index (χ4n) is 2.59. The van der Waals surface area contributed by atoms with E-state index >= 15 is 0 Å². The van der Waals surface area contributed by atoms with Crippen molar-refractivity contribution in [3.8, 4) is 0 Å². The molecule has 0 atom stereocenters. The Kier molecular flexibility index (Phi) is 4.31. The van der Waals surface area contributed by atoms with Crippen molar-refractivity contribution in [2.24, 2.45) is 0 Å². The van der Waals surface area contributed by atoms with Gasteiger partial charge in [0.05, 0.1) is 5.69 Å². The Balaban J connectivity index is 2.08. The van der Waals surface area contributed by atoms with E-state index in [0.717, 1.165) is 17.9 Å². The first-order chi connectivity index (χ1) is 8.65. The molecule has 1 heterocycles. The number of aryl methyl sites for hydroxylation is 1. The maximum absolute atomic E-state index is 6.29. The third kappa shape index (κ3) is 2.88. The van der Waals surface area contributed by atoms with E-state index in [1.165, 1.54) is 44.3 Å². The molecule has 1 fully saturated rings. The van der Waals surface area contributed by atoms with E-state index in [9.17, 15) is 0 Å². The average Bonchev–Trinajstić information content (AvgIpc) is 3.10. The molecule has 0 spiro atoms. The number of anilines is 1. The first-order valence-corrected chi connectivity index (χ1v) is 7.51. The smallest absolute Gasteiger partial charge is 0.127 e. The molecule has 0 aromatic carbocycles. The minimum absolute atomic E-state index is 0.428. The van der Waals surface area contributed by atoms with Crippen molar-refractivity contribution >= 4 is 5.82 Å². The summed E-state index contributed by atoms with van der Waals surface area (Å²) in [5.41, 5.74) is 7.43. The second-order valence-electron chi connectivity index (χ2n) is 5.85. The summed E-state index contributed by atoms with van der Waals surface area (Å²) in [6.45, 7) is 6.64. The van der Waals surface area contributed by atoms with Crippen molar-refractivity contribution in [2.45, 2.75) is 77.7 Å². The van der Waals surface area contributed by atoms with Crippen LogP contribution in [0.25, 0.3) is 0 Å². The number of aromatic nitrogens is 2. The van der Waals surface area contributed by atoms with Crippen LogP contribution in [0.1, 0.15) is 82.8 Å². The van der Waals surface area contributed by atoms with Gasteiger partial charge < -0.3 is 10.3 Å². The lowest BCUT2D eigenvalue weighted by Gasteiger charge is -2.13. The fraction of sp³-hybridized carbons (Fsp3) is 0.800. The second-order valence-corrected chi connectivity index (χ2v) is 5.85. The van der Waals surface area contributed by atoms with E-state index in [-0.39, 0.29) is 0 Å². The Bertz CT molecular complexity index is 389. The van der Waals surface area contributed by atoms with Crippen LogP contribution in [0, 0.1) is 0 Å². The number of rotatable bonds is 7. The molecule has 0 amide bonds. The minimum Gasteiger partial charge on any atom is -0.384 e. The first-order valence-electron chi connectivity index (χ1n) is 7.51. The molecular weight excluding hydrogens is 222 g/mol. The Morgan fingerprint density at radius 1 is 1.28 bits per heavy atom. The molecule has 2 rings (SSSR count). The highest BCUT2D eigenvalue weighted by molar-refractivity contribution is 5.40. The van der Waals surface area contributed by atoms with E-state index in [4.69, 9.17) is 10.7 Å². The molecule has 2 N–H and O–H groups in total. The van der Waals surface area contributed by atoms with Crippen LogP contribution < -0.4 is 5.73 Å². The number of nitrogens with zero attached hydrogens (tertiary/aromatic N) is 2. The number of imidazole rings is 1. The van der Waals surface area contributed by atoms with Gasteiger partial charge in [0.25, 0.3) is 0 Å². The summed E-state index contributed by atoms with van der Waals surface area (Å²) in [5.74, 6) is 2.84. The molecule has 0 radical (unpaired) electrons. The molecule has 0 bridgehead atoms. The normalized spacial score (nSPS) is 15.6. The monoisotopic (exact) mass is 249 g/mol. The van der Waals surface area contributed by atoms with Crippen LogP contribution in [-0.2, 0) is 6.42 Å². The van der Waals surface area contributed by atoms with Gasteiger partial charge in [0.15, 0.2) is 0 Å². The van der Waals surface area contributed by atoms with E-state index in [2.05, 4.69) is 25.3 Å². The van der Waals surface area contributed by atoms with Crippen LogP contribution in [0.3, 0.4) is 0 Å². The fourth-order valence-corrected chi connectivity index (χ4v) is 2.59. The zero-order valence-corrected chi connectivity index (χ0v) is 12.1. The molecule has 3 nitrogen and oxygen atoms in total. The van der Waals surface area contributed by atoms with Gasteiger partial charge >= 0.3 is 0 Å². The Morgan fingerprint density at radius 2 is 2.00 bits per heavy atom. The predicted molar refractivity (Wildman–Crippen MR) is 76.8 cm³/mol. The lowest BCUT2D eigenvalue weighted by Crippen LogP contribution is -2.09. The summed E-state index contributed by atoms with van der Waals surface area (Å²) < 4.78 is 2.26. The van der Waals surface area contributed by atoms with Gasteiger partial charge in [-0.05, 0) is 39.5 Å². The lowest BCUT2D eigenvalue weighted by molar-refractivity contribution is 0.576. The Morgan fingerprint density at radius 3 is 2.56 bits per heavy atom. The van der Waals surface area contributed by atoms with E-state index in [1.54, 1.807) is 0 Å². The highest BCUT2D eigenvalue weighted by atomic mass is 15.2. The van der Waals surface area contributed by atoms with Crippen molar-refractivity contribution in [1.29, 1.82) is 0 Å². The maximum Gasteiger partial charge on any atom is 0.127 e. The molecule has 0 unspecified atom stereocenters. The van der Waals surface area contributed by atoms with Crippen molar-refractivity contribution in [3.63, 3.8) is 0 Å². The molecule has 1 aromatic heterocycles. The second kappa shape index (κ2) is 5.77. The minimum atomic E-state index is 0.428. The Hall–Kier alpha value is -0.990. The highest BCUT2D eigenvalue weighted by Crippen LogP contribution is 2.41. The highest BCUT2D eigenvalue weighted by Gasteiger charge is 2.31. The molecule has 3 heteroatoms. The van der Waals surface area contributed by atoms with Gasteiger partial charge in [-0.2, -0.15) is 0 Å². The lowest BCUT2D eigenvalue weighted by atomic mass is 10.1. The van der Waals surface area contributed by atoms with Gasteiger partial charge in [0.1, 0.15) is 11.6 Å². The number of nitrogens with two attached hydrogens (primary N) is 1. The standard InChI is InChI=1S/C15H27N3/c1-4-5-6-7-8-13-14(16)18(11(2)3)15(17-13)12-9-10-12/h11-12H,4-10,16H2,1-3H3. The summed E-state index contributed by atoms with van der Waals surface area (Å²) in [6.07, 6.45) is 8.74. The van der Waals surface area contributed by atoms with Crippen LogP contribution in [-0.4, -0.2) is 9.55 Å². The molecular formula is C15H27N3. The van der Waals surface area contributed by atoms with E-state index in [1.807, 2.05) is 0 Å². The molecule has 0 saturated heterocycles. The molecule has 102 valence electrons. The van der Waals surface area contributed by atoms with Crippen molar-refractivity contribution in [2.75, 3.05) is 5.73 Å². The van der Waals surface area contributed by atoms with Crippen LogP contribution in [0.15, 0.2) is 0 Å². The first kappa shape index (κ1) is 13.4. The van der Waals surface area contributed by atoms with Gasteiger partial charge in [-0.25, -0.2) is 4.98 Å². The van der Waals surface area contributed by atoms with Crippen LogP contribution in [0.2, 0.25) is 0 Å². The summed E-state index contributed by atoms with van der Waals surface area (Å²) in [4.78, 5) is 4.83. The average molecular weight is 249 g/mol. The van der Waals surface area contributed by atoms with Gasteiger partial charge in [-0.3, -0.25) is 0 Å². The van der Waals surface area contributed by atoms with Crippen molar-refractivity contribution in [3.05, 3.63) is 11.5 Å². The number of nitrogen functional groups attached to an aromatic ring is 1. The topological polar surface area (TPSA) is 43.8 Å².